The Morgan fingerprint density at radius 2 is 2.40 bits per heavy atom. The summed E-state index contributed by atoms with van der Waals surface area (Å²) in [5.41, 5.74) is 0. The van der Waals surface area contributed by atoms with Crippen molar-refractivity contribution in [2.75, 3.05) is 5.75 Å². The first-order chi connectivity index (χ1) is 7.22. The normalized spacial score (nSPS) is 12.1. The molecular formula is C11H16N2OS. The summed E-state index contributed by atoms with van der Waals surface area (Å²) in [6.45, 7) is 4.06. The van der Waals surface area contributed by atoms with E-state index < -0.39 is 0 Å². The second kappa shape index (κ2) is 6.45. The van der Waals surface area contributed by atoms with Crippen LogP contribution < -0.4 is 5.32 Å². The fourth-order valence-corrected chi connectivity index (χ4v) is 1.66. The van der Waals surface area contributed by atoms with Crippen molar-refractivity contribution >= 4 is 17.7 Å². The fraction of sp³-hybridized carbons (Fsp3) is 0.455. The first-order valence-corrected chi connectivity index (χ1v) is 6.04. The van der Waals surface area contributed by atoms with Crippen molar-refractivity contribution in [3.8, 4) is 0 Å². The van der Waals surface area contributed by atoms with E-state index in [0.717, 1.165) is 11.4 Å². The molecule has 82 valence electrons. The number of pyridine rings is 1. The van der Waals surface area contributed by atoms with Crippen molar-refractivity contribution in [3.63, 3.8) is 0 Å². The van der Waals surface area contributed by atoms with E-state index in [0.29, 0.717) is 5.75 Å². The molecular weight excluding hydrogens is 208 g/mol. The summed E-state index contributed by atoms with van der Waals surface area (Å²) in [6.07, 6.45) is 2.69. The topological polar surface area (TPSA) is 42.0 Å². The standard InChI is InChI=1S/C11H16N2OS/c1-3-9(2)13-10(14)8-15-11-6-4-5-7-12-11/h4-7,9H,3,8H2,1-2H3,(H,13,14)/t9-/m0/s1. The van der Waals surface area contributed by atoms with Crippen molar-refractivity contribution in [2.45, 2.75) is 31.3 Å². The predicted molar refractivity (Wildman–Crippen MR) is 62.9 cm³/mol. The minimum Gasteiger partial charge on any atom is -0.353 e. The number of carbonyl (C=O) groups excluding carboxylic acids is 1. The molecule has 1 aromatic heterocycles. The molecule has 1 rings (SSSR count). The van der Waals surface area contributed by atoms with Gasteiger partial charge in [0, 0.05) is 12.2 Å². The average Bonchev–Trinajstić information content (AvgIpc) is 2.27. The molecule has 0 aliphatic rings. The number of hydrogen-bond acceptors (Lipinski definition) is 3. The van der Waals surface area contributed by atoms with Crippen LogP contribution in [0.25, 0.3) is 0 Å². The first-order valence-electron chi connectivity index (χ1n) is 5.05. The lowest BCUT2D eigenvalue weighted by molar-refractivity contribution is -0.119. The van der Waals surface area contributed by atoms with Gasteiger partial charge in [0.15, 0.2) is 0 Å². The van der Waals surface area contributed by atoms with Gasteiger partial charge < -0.3 is 5.32 Å². The summed E-state index contributed by atoms with van der Waals surface area (Å²) >= 11 is 1.46. The van der Waals surface area contributed by atoms with Crippen LogP contribution >= 0.6 is 11.8 Å². The zero-order chi connectivity index (χ0) is 11.1. The summed E-state index contributed by atoms with van der Waals surface area (Å²) in [7, 11) is 0. The SMILES string of the molecule is CC[C@H](C)NC(=O)CSc1ccccn1. The molecule has 1 aromatic rings. The minimum atomic E-state index is 0.0694. The molecule has 0 saturated heterocycles. The van der Waals surface area contributed by atoms with E-state index in [9.17, 15) is 4.79 Å². The Labute approximate surface area is 94.7 Å². The van der Waals surface area contributed by atoms with Crippen LogP contribution in [-0.4, -0.2) is 22.7 Å². The lowest BCUT2D eigenvalue weighted by Gasteiger charge is -2.10. The average molecular weight is 224 g/mol. The maximum Gasteiger partial charge on any atom is 0.230 e. The van der Waals surface area contributed by atoms with Gasteiger partial charge in [0.1, 0.15) is 0 Å². The summed E-state index contributed by atoms with van der Waals surface area (Å²) in [5, 5.41) is 3.80. The summed E-state index contributed by atoms with van der Waals surface area (Å²) in [6, 6.07) is 5.94. The Hall–Kier alpha value is -1.03. The van der Waals surface area contributed by atoms with Gasteiger partial charge in [0.05, 0.1) is 10.8 Å². The monoisotopic (exact) mass is 224 g/mol. The summed E-state index contributed by atoms with van der Waals surface area (Å²) in [4.78, 5) is 15.6. The van der Waals surface area contributed by atoms with Gasteiger partial charge >= 0.3 is 0 Å². The maximum absolute atomic E-state index is 11.4. The van der Waals surface area contributed by atoms with Gasteiger partial charge in [-0.15, -0.1) is 0 Å². The summed E-state index contributed by atoms with van der Waals surface area (Å²) in [5.74, 6) is 0.501. The molecule has 0 saturated carbocycles. The molecule has 1 atom stereocenters. The number of nitrogens with zero attached hydrogens (tertiary/aromatic N) is 1. The Balaban J connectivity index is 2.29. The highest BCUT2D eigenvalue weighted by Gasteiger charge is 2.05. The molecule has 15 heavy (non-hydrogen) atoms. The number of hydrogen-bond donors (Lipinski definition) is 1. The minimum absolute atomic E-state index is 0.0694. The molecule has 3 nitrogen and oxygen atoms in total. The third kappa shape index (κ3) is 4.83. The Kier molecular flexibility index (Phi) is 5.18. The first kappa shape index (κ1) is 12.0. The van der Waals surface area contributed by atoms with Crippen molar-refractivity contribution in [1.29, 1.82) is 0 Å². The molecule has 0 unspecified atom stereocenters. The molecule has 0 spiro atoms. The number of nitrogens with one attached hydrogen (secondary N) is 1. The van der Waals surface area contributed by atoms with Gasteiger partial charge in [0.2, 0.25) is 5.91 Å². The Morgan fingerprint density at radius 1 is 1.60 bits per heavy atom. The number of carbonyl (C=O) groups is 1. The van der Waals surface area contributed by atoms with Crippen molar-refractivity contribution in [3.05, 3.63) is 24.4 Å². The molecule has 0 aliphatic heterocycles. The van der Waals surface area contributed by atoms with E-state index in [2.05, 4.69) is 17.2 Å². The molecule has 1 N–H and O–H groups in total. The van der Waals surface area contributed by atoms with Crippen LogP contribution in [0, 0.1) is 0 Å². The molecule has 1 amide bonds. The highest BCUT2D eigenvalue weighted by Crippen LogP contribution is 2.13. The highest BCUT2D eigenvalue weighted by atomic mass is 32.2. The number of rotatable bonds is 5. The Morgan fingerprint density at radius 3 is 3.00 bits per heavy atom. The maximum atomic E-state index is 11.4. The zero-order valence-corrected chi connectivity index (χ0v) is 9.88. The van der Waals surface area contributed by atoms with Crippen LogP contribution in [0.15, 0.2) is 29.4 Å². The zero-order valence-electron chi connectivity index (χ0n) is 9.06. The summed E-state index contributed by atoms with van der Waals surface area (Å²) < 4.78 is 0. The van der Waals surface area contributed by atoms with Gasteiger partial charge in [-0.05, 0) is 25.5 Å². The molecule has 0 radical (unpaired) electrons. The van der Waals surface area contributed by atoms with E-state index in [1.165, 1.54) is 11.8 Å². The molecule has 0 bridgehead atoms. The van der Waals surface area contributed by atoms with Crippen LogP contribution in [0.4, 0.5) is 0 Å². The fourth-order valence-electron chi connectivity index (χ4n) is 0.991. The van der Waals surface area contributed by atoms with Crippen LogP contribution in [0.2, 0.25) is 0 Å². The van der Waals surface area contributed by atoms with Gasteiger partial charge in [0.25, 0.3) is 0 Å². The largest absolute Gasteiger partial charge is 0.353 e. The predicted octanol–water partition coefficient (Wildman–Crippen LogP) is 2.09. The van der Waals surface area contributed by atoms with Gasteiger partial charge in [-0.1, -0.05) is 24.8 Å². The van der Waals surface area contributed by atoms with Gasteiger partial charge in [-0.25, -0.2) is 4.98 Å². The van der Waals surface area contributed by atoms with E-state index in [1.807, 2.05) is 25.1 Å². The van der Waals surface area contributed by atoms with Crippen molar-refractivity contribution in [1.82, 2.24) is 10.3 Å². The van der Waals surface area contributed by atoms with Crippen LogP contribution in [0.5, 0.6) is 0 Å². The molecule has 0 aliphatic carbocycles. The van der Waals surface area contributed by atoms with Crippen molar-refractivity contribution < 1.29 is 4.79 Å². The van der Waals surface area contributed by atoms with Gasteiger partial charge in [-0.2, -0.15) is 0 Å². The molecule has 4 heteroatoms. The van der Waals surface area contributed by atoms with Gasteiger partial charge in [-0.3, -0.25) is 4.79 Å². The van der Waals surface area contributed by atoms with Crippen LogP contribution in [0.3, 0.4) is 0 Å². The number of thioether (sulfide) groups is 1. The molecule has 0 fully saturated rings. The quantitative estimate of drug-likeness (QED) is 0.779. The molecule has 0 aromatic carbocycles. The van der Waals surface area contributed by atoms with E-state index >= 15 is 0 Å². The number of aromatic nitrogens is 1. The van der Waals surface area contributed by atoms with E-state index in [4.69, 9.17) is 0 Å². The Bertz CT molecular complexity index is 303. The lowest BCUT2D eigenvalue weighted by atomic mass is 10.3. The second-order valence-corrected chi connectivity index (χ2v) is 4.33. The molecule has 1 heterocycles. The van der Waals surface area contributed by atoms with Crippen LogP contribution in [-0.2, 0) is 4.79 Å². The second-order valence-electron chi connectivity index (χ2n) is 3.33. The third-order valence-corrected chi connectivity index (χ3v) is 2.95. The smallest absolute Gasteiger partial charge is 0.230 e. The third-order valence-electron chi connectivity index (χ3n) is 2.01. The highest BCUT2D eigenvalue weighted by molar-refractivity contribution is 7.99. The van der Waals surface area contributed by atoms with E-state index in [-0.39, 0.29) is 11.9 Å². The van der Waals surface area contributed by atoms with E-state index in [1.54, 1.807) is 6.20 Å². The van der Waals surface area contributed by atoms with Crippen molar-refractivity contribution in [2.24, 2.45) is 0 Å². The number of amides is 1. The van der Waals surface area contributed by atoms with Crippen LogP contribution in [0.1, 0.15) is 20.3 Å². The lowest BCUT2D eigenvalue weighted by Crippen LogP contribution is -2.33.